The summed E-state index contributed by atoms with van der Waals surface area (Å²) in [6.45, 7) is 6.01. The first kappa shape index (κ1) is 20.3. The number of aryl methyl sites for hydroxylation is 1. The molecule has 1 aliphatic carbocycles. The highest BCUT2D eigenvalue weighted by Crippen LogP contribution is 2.59. The van der Waals surface area contributed by atoms with Crippen molar-refractivity contribution in [2.75, 3.05) is 5.73 Å². The summed E-state index contributed by atoms with van der Waals surface area (Å²) in [4.78, 5) is 27.2. The number of carbonyl (C=O) groups is 2. The van der Waals surface area contributed by atoms with Crippen LogP contribution in [0.15, 0.2) is 60.7 Å². The first-order valence-electron chi connectivity index (χ1n) is 10.6. The number of ketones is 1. The van der Waals surface area contributed by atoms with Crippen LogP contribution in [0.25, 0.3) is 0 Å². The Hall–Kier alpha value is -3.64. The molecular formula is C26H24N2O4. The molecule has 0 saturated heterocycles. The van der Waals surface area contributed by atoms with Crippen molar-refractivity contribution in [3.05, 3.63) is 94.0 Å². The Morgan fingerprint density at radius 3 is 2.47 bits per heavy atom. The molecule has 1 heterocycles. The Labute approximate surface area is 186 Å². The predicted octanol–water partition coefficient (Wildman–Crippen LogP) is 3.76. The van der Waals surface area contributed by atoms with Gasteiger partial charge in [0.2, 0.25) is 11.3 Å². The molecule has 2 unspecified atom stereocenters. The number of nitrogens with two attached hydrogens (primary N) is 1. The quantitative estimate of drug-likeness (QED) is 0.552. The van der Waals surface area contributed by atoms with Crippen molar-refractivity contribution in [3.63, 3.8) is 0 Å². The number of Topliss-reactive ketones (excluding diaryl/α,β-unsaturated/α-hetero) is 1. The summed E-state index contributed by atoms with van der Waals surface area (Å²) >= 11 is 0. The molecule has 1 amide bonds. The number of fused-ring (bicyclic) bond motifs is 5. The third-order valence-electron chi connectivity index (χ3n) is 6.49. The van der Waals surface area contributed by atoms with Crippen LogP contribution in [-0.4, -0.2) is 16.8 Å². The van der Waals surface area contributed by atoms with Gasteiger partial charge in [0.05, 0.1) is 5.56 Å². The Kier molecular flexibility index (Phi) is 4.23. The summed E-state index contributed by atoms with van der Waals surface area (Å²) in [5.41, 5.74) is 7.69. The van der Waals surface area contributed by atoms with Gasteiger partial charge in [-0.3, -0.25) is 9.59 Å². The van der Waals surface area contributed by atoms with Gasteiger partial charge in [-0.25, -0.2) is 0 Å². The van der Waals surface area contributed by atoms with E-state index in [0.717, 1.165) is 11.1 Å². The molecule has 5 rings (SSSR count). The Morgan fingerprint density at radius 1 is 1.06 bits per heavy atom. The zero-order chi connectivity index (χ0) is 22.8. The van der Waals surface area contributed by atoms with Gasteiger partial charge in [-0.2, -0.15) is 0 Å². The van der Waals surface area contributed by atoms with Crippen molar-refractivity contribution in [3.8, 4) is 5.75 Å². The third-order valence-corrected chi connectivity index (χ3v) is 6.49. The lowest BCUT2D eigenvalue weighted by Crippen LogP contribution is -2.60. The Bertz CT molecular complexity index is 1280. The van der Waals surface area contributed by atoms with E-state index in [-0.39, 0.29) is 22.7 Å². The van der Waals surface area contributed by atoms with E-state index in [1.54, 1.807) is 36.4 Å². The molecule has 2 aliphatic rings. The standard InChI is InChI=1S/C26H24N2O4/c1-14(2)17-11-12-18-21(13-17)32-26(31)19-5-4-6-20(27)22(19)23(29)25(18,26)28-24(30)16-9-7-15(3)8-10-16/h4-14,31H,27H2,1-3H3,(H,28,30). The lowest BCUT2D eigenvalue weighted by Gasteiger charge is -2.34. The molecule has 0 spiro atoms. The molecule has 6 heteroatoms. The molecule has 3 aromatic carbocycles. The molecule has 4 N–H and O–H groups in total. The highest BCUT2D eigenvalue weighted by atomic mass is 16.6. The van der Waals surface area contributed by atoms with Crippen molar-refractivity contribution >= 4 is 17.4 Å². The summed E-state index contributed by atoms with van der Waals surface area (Å²) in [6.07, 6.45) is 0. The maximum absolute atomic E-state index is 13.9. The summed E-state index contributed by atoms with van der Waals surface area (Å²) in [5, 5.41) is 14.7. The van der Waals surface area contributed by atoms with Crippen LogP contribution in [0.4, 0.5) is 5.69 Å². The highest BCUT2D eigenvalue weighted by molar-refractivity contribution is 6.16. The number of carbonyl (C=O) groups excluding carboxylic acids is 2. The number of nitrogen functional groups attached to an aromatic ring is 1. The predicted molar refractivity (Wildman–Crippen MR) is 121 cm³/mol. The van der Waals surface area contributed by atoms with E-state index < -0.39 is 23.0 Å². The summed E-state index contributed by atoms with van der Waals surface area (Å²) in [6, 6.07) is 17.3. The number of ether oxygens (including phenoxy) is 1. The molecule has 0 bridgehead atoms. The minimum atomic E-state index is -2.12. The van der Waals surface area contributed by atoms with E-state index in [2.05, 4.69) is 5.32 Å². The monoisotopic (exact) mass is 428 g/mol. The molecule has 0 saturated carbocycles. The topological polar surface area (TPSA) is 102 Å². The van der Waals surface area contributed by atoms with E-state index in [4.69, 9.17) is 10.5 Å². The Morgan fingerprint density at radius 2 is 1.78 bits per heavy atom. The molecule has 162 valence electrons. The molecular weight excluding hydrogens is 404 g/mol. The number of hydrogen-bond acceptors (Lipinski definition) is 5. The number of aliphatic hydroxyl groups is 1. The number of hydrogen-bond donors (Lipinski definition) is 3. The van der Waals surface area contributed by atoms with Crippen molar-refractivity contribution < 1.29 is 19.4 Å². The molecule has 3 aromatic rings. The van der Waals surface area contributed by atoms with Crippen LogP contribution >= 0.6 is 0 Å². The summed E-state index contributed by atoms with van der Waals surface area (Å²) in [7, 11) is 0. The zero-order valence-corrected chi connectivity index (χ0v) is 18.1. The molecule has 32 heavy (non-hydrogen) atoms. The van der Waals surface area contributed by atoms with Gasteiger partial charge in [0, 0.05) is 22.4 Å². The number of amides is 1. The number of rotatable bonds is 3. The number of anilines is 1. The second-order valence-electron chi connectivity index (χ2n) is 8.83. The van der Waals surface area contributed by atoms with E-state index >= 15 is 0 Å². The minimum absolute atomic E-state index is 0.165. The maximum atomic E-state index is 13.9. The van der Waals surface area contributed by atoms with E-state index in [9.17, 15) is 14.7 Å². The van der Waals surface area contributed by atoms with Crippen LogP contribution < -0.4 is 15.8 Å². The van der Waals surface area contributed by atoms with Crippen molar-refractivity contribution in [1.29, 1.82) is 0 Å². The molecule has 0 radical (unpaired) electrons. The van der Waals surface area contributed by atoms with Crippen LogP contribution in [0.1, 0.15) is 62.7 Å². The van der Waals surface area contributed by atoms with E-state index in [1.165, 1.54) is 0 Å². The van der Waals surface area contributed by atoms with Crippen molar-refractivity contribution in [1.82, 2.24) is 5.32 Å². The van der Waals surface area contributed by atoms with Crippen LogP contribution in [0.2, 0.25) is 0 Å². The average molecular weight is 428 g/mol. The second-order valence-corrected chi connectivity index (χ2v) is 8.83. The van der Waals surface area contributed by atoms with Gasteiger partial charge >= 0.3 is 0 Å². The first-order chi connectivity index (χ1) is 15.2. The van der Waals surface area contributed by atoms with Gasteiger partial charge in [-0.05, 0) is 42.7 Å². The first-order valence-corrected chi connectivity index (χ1v) is 10.6. The fourth-order valence-corrected chi connectivity index (χ4v) is 4.69. The second kappa shape index (κ2) is 6.68. The SMILES string of the molecule is Cc1ccc(C(=O)NC23C(=O)c4c(N)cccc4C2(O)Oc2cc(C(C)C)ccc23)cc1. The van der Waals surface area contributed by atoms with Crippen molar-refractivity contribution in [2.45, 2.75) is 38.0 Å². The largest absolute Gasteiger partial charge is 0.454 e. The molecule has 6 nitrogen and oxygen atoms in total. The van der Waals surface area contributed by atoms with Crippen LogP contribution in [-0.2, 0) is 11.3 Å². The van der Waals surface area contributed by atoms with Gasteiger partial charge in [-0.1, -0.05) is 55.8 Å². The van der Waals surface area contributed by atoms with Crippen LogP contribution in [0, 0.1) is 6.92 Å². The normalized spacial score (nSPS) is 22.8. The van der Waals surface area contributed by atoms with Crippen LogP contribution in [0.3, 0.4) is 0 Å². The average Bonchev–Trinajstić information content (AvgIpc) is 3.11. The van der Waals surface area contributed by atoms with Crippen LogP contribution in [0.5, 0.6) is 5.75 Å². The molecule has 0 fully saturated rings. The number of nitrogens with one attached hydrogen (secondary N) is 1. The molecule has 1 aliphatic heterocycles. The van der Waals surface area contributed by atoms with Crippen molar-refractivity contribution in [2.24, 2.45) is 0 Å². The fraction of sp³-hybridized carbons (Fsp3) is 0.231. The number of benzene rings is 3. The van der Waals surface area contributed by atoms with E-state index in [0.29, 0.717) is 16.9 Å². The Balaban J connectivity index is 1.72. The lowest BCUT2D eigenvalue weighted by atomic mass is 9.82. The molecule has 2 atom stereocenters. The smallest absolute Gasteiger partial charge is 0.271 e. The summed E-state index contributed by atoms with van der Waals surface area (Å²) < 4.78 is 6.08. The van der Waals surface area contributed by atoms with Gasteiger partial charge in [-0.15, -0.1) is 0 Å². The van der Waals surface area contributed by atoms with Gasteiger partial charge in [0.15, 0.2) is 0 Å². The van der Waals surface area contributed by atoms with Gasteiger partial charge in [0.1, 0.15) is 5.75 Å². The van der Waals surface area contributed by atoms with Gasteiger partial charge < -0.3 is 20.9 Å². The van der Waals surface area contributed by atoms with Gasteiger partial charge in [0.25, 0.3) is 11.7 Å². The molecule has 0 aromatic heterocycles. The third kappa shape index (κ3) is 2.50. The minimum Gasteiger partial charge on any atom is -0.454 e. The highest BCUT2D eigenvalue weighted by Gasteiger charge is 2.72. The fourth-order valence-electron chi connectivity index (χ4n) is 4.69. The maximum Gasteiger partial charge on any atom is 0.271 e. The van der Waals surface area contributed by atoms with E-state index in [1.807, 2.05) is 45.0 Å². The summed E-state index contributed by atoms with van der Waals surface area (Å²) in [5.74, 6) is -2.52. The zero-order valence-electron chi connectivity index (χ0n) is 18.1. The lowest BCUT2D eigenvalue weighted by molar-refractivity contribution is -0.169.